The molecule has 1 N–H and O–H groups in total. The van der Waals surface area contributed by atoms with Gasteiger partial charge in [0.2, 0.25) is 10.0 Å². The van der Waals surface area contributed by atoms with Gasteiger partial charge in [-0.05, 0) is 50.5 Å². The normalized spacial score (nSPS) is 19.1. The summed E-state index contributed by atoms with van der Waals surface area (Å²) in [5.74, 6) is 0. The van der Waals surface area contributed by atoms with Gasteiger partial charge in [-0.1, -0.05) is 15.9 Å². The molecule has 2 rings (SSSR count). The highest BCUT2D eigenvalue weighted by Gasteiger charge is 2.36. The third-order valence-electron chi connectivity index (χ3n) is 2.96. The molecule has 0 spiro atoms. The van der Waals surface area contributed by atoms with E-state index in [9.17, 15) is 8.42 Å². The maximum Gasteiger partial charge on any atom is 0.241 e. The van der Waals surface area contributed by atoms with Gasteiger partial charge in [-0.3, -0.25) is 0 Å². The Hall–Kier alpha value is -0.390. The van der Waals surface area contributed by atoms with Crippen LogP contribution >= 0.6 is 15.9 Å². The minimum atomic E-state index is -3.37. The average Bonchev–Trinajstić information content (AvgIpc) is 2.15. The summed E-state index contributed by atoms with van der Waals surface area (Å²) in [5, 5.41) is 0. The molecule has 16 heavy (non-hydrogen) atoms. The van der Waals surface area contributed by atoms with Gasteiger partial charge in [-0.25, -0.2) is 13.1 Å². The molecule has 5 heteroatoms. The lowest BCUT2D eigenvalue weighted by Crippen LogP contribution is -2.50. The molecule has 0 atom stereocenters. The van der Waals surface area contributed by atoms with Crippen LogP contribution in [0.2, 0.25) is 0 Å². The standard InChI is InChI=1S/C11H14BrNO2S/c1-11(7-2-8-11)13-16(14,15)10-5-3-9(12)4-6-10/h3-6,13H,2,7-8H2,1H3. The van der Waals surface area contributed by atoms with Crippen molar-refractivity contribution in [1.29, 1.82) is 0 Å². The number of nitrogens with one attached hydrogen (secondary N) is 1. The van der Waals surface area contributed by atoms with Crippen LogP contribution < -0.4 is 4.72 Å². The third kappa shape index (κ3) is 2.47. The van der Waals surface area contributed by atoms with E-state index in [2.05, 4.69) is 20.7 Å². The van der Waals surface area contributed by atoms with Crippen molar-refractivity contribution in [1.82, 2.24) is 4.72 Å². The van der Waals surface area contributed by atoms with E-state index in [4.69, 9.17) is 0 Å². The maximum absolute atomic E-state index is 12.0. The van der Waals surface area contributed by atoms with Crippen LogP contribution in [0.3, 0.4) is 0 Å². The van der Waals surface area contributed by atoms with Gasteiger partial charge in [-0.15, -0.1) is 0 Å². The molecule has 0 bridgehead atoms. The summed E-state index contributed by atoms with van der Waals surface area (Å²) >= 11 is 3.28. The monoisotopic (exact) mass is 303 g/mol. The number of hydrogen-bond donors (Lipinski definition) is 1. The maximum atomic E-state index is 12.0. The van der Waals surface area contributed by atoms with Crippen LogP contribution in [0, 0.1) is 0 Å². The van der Waals surface area contributed by atoms with Crippen LogP contribution in [0.5, 0.6) is 0 Å². The zero-order chi connectivity index (χ0) is 11.8. The van der Waals surface area contributed by atoms with Gasteiger partial charge in [0.15, 0.2) is 0 Å². The van der Waals surface area contributed by atoms with E-state index in [-0.39, 0.29) is 5.54 Å². The van der Waals surface area contributed by atoms with Gasteiger partial charge in [0, 0.05) is 10.0 Å². The Morgan fingerprint density at radius 2 is 1.81 bits per heavy atom. The highest BCUT2D eigenvalue weighted by atomic mass is 79.9. The van der Waals surface area contributed by atoms with Gasteiger partial charge < -0.3 is 0 Å². The topological polar surface area (TPSA) is 46.2 Å². The molecule has 88 valence electrons. The Labute approximate surface area is 104 Å². The predicted molar refractivity (Wildman–Crippen MR) is 66.7 cm³/mol. The van der Waals surface area contributed by atoms with Crippen molar-refractivity contribution in [2.45, 2.75) is 36.6 Å². The Bertz CT molecular complexity index is 477. The van der Waals surface area contributed by atoms with E-state index in [0.717, 1.165) is 23.7 Å². The van der Waals surface area contributed by atoms with Crippen molar-refractivity contribution in [3.63, 3.8) is 0 Å². The van der Waals surface area contributed by atoms with Crippen LogP contribution in [0.4, 0.5) is 0 Å². The van der Waals surface area contributed by atoms with Crippen LogP contribution in [0.1, 0.15) is 26.2 Å². The fourth-order valence-corrected chi connectivity index (χ4v) is 3.54. The second kappa shape index (κ2) is 4.13. The van der Waals surface area contributed by atoms with Crippen LogP contribution in [-0.2, 0) is 10.0 Å². The second-order valence-electron chi connectivity index (χ2n) is 4.47. The highest BCUT2D eigenvalue weighted by molar-refractivity contribution is 9.10. The third-order valence-corrected chi connectivity index (χ3v) is 5.14. The molecule has 1 fully saturated rings. The number of hydrogen-bond acceptors (Lipinski definition) is 2. The van der Waals surface area contributed by atoms with E-state index in [1.807, 2.05) is 6.92 Å². The Balaban J connectivity index is 2.22. The number of benzene rings is 1. The van der Waals surface area contributed by atoms with Crippen LogP contribution in [0.25, 0.3) is 0 Å². The smallest absolute Gasteiger partial charge is 0.207 e. The van der Waals surface area contributed by atoms with Gasteiger partial charge in [0.05, 0.1) is 4.90 Å². The number of sulfonamides is 1. The first-order chi connectivity index (χ1) is 7.41. The van der Waals surface area contributed by atoms with E-state index < -0.39 is 10.0 Å². The molecule has 1 saturated carbocycles. The molecule has 1 aromatic rings. The van der Waals surface area contributed by atoms with Crippen molar-refractivity contribution < 1.29 is 8.42 Å². The van der Waals surface area contributed by atoms with Gasteiger partial charge in [0.25, 0.3) is 0 Å². The summed E-state index contributed by atoms with van der Waals surface area (Å²) in [4.78, 5) is 0.323. The molecule has 3 nitrogen and oxygen atoms in total. The van der Waals surface area contributed by atoms with Crippen LogP contribution in [0.15, 0.2) is 33.6 Å². The fourth-order valence-electron chi connectivity index (χ4n) is 1.81. The molecule has 1 aromatic carbocycles. The summed E-state index contributed by atoms with van der Waals surface area (Å²) in [6.07, 6.45) is 2.94. The van der Waals surface area contributed by atoms with E-state index in [0.29, 0.717) is 4.90 Å². The quantitative estimate of drug-likeness (QED) is 0.933. The second-order valence-corrected chi connectivity index (χ2v) is 7.07. The van der Waals surface area contributed by atoms with Crippen molar-refractivity contribution in [2.24, 2.45) is 0 Å². The lowest BCUT2D eigenvalue weighted by Gasteiger charge is -2.38. The summed E-state index contributed by atoms with van der Waals surface area (Å²) in [5.41, 5.74) is -0.244. The lowest BCUT2D eigenvalue weighted by atomic mass is 9.80. The van der Waals surface area contributed by atoms with Crippen molar-refractivity contribution in [3.05, 3.63) is 28.7 Å². The van der Waals surface area contributed by atoms with E-state index in [1.54, 1.807) is 24.3 Å². The molecule has 0 heterocycles. The Morgan fingerprint density at radius 3 is 2.25 bits per heavy atom. The lowest BCUT2D eigenvalue weighted by molar-refractivity contribution is 0.248. The molecule has 0 amide bonds. The number of rotatable bonds is 3. The molecule has 0 aromatic heterocycles. The SMILES string of the molecule is CC1(NS(=O)(=O)c2ccc(Br)cc2)CCC1. The van der Waals surface area contributed by atoms with E-state index in [1.165, 1.54) is 0 Å². The minimum absolute atomic E-state index is 0.244. The minimum Gasteiger partial charge on any atom is -0.207 e. The molecule has 0 radical (unpaired) electrons. The zero-order valence-electron chi connectivity index (χ0n) is 9.03. The van der Waals surface area contributed by atoms with Crippen molar-refractivity contribution in [3.8, 4) is 0 Å². The summed E-state index contributed by atoms with van der Waals surface area (Å²) < 4.78 is 27.7. The fraction of sp³-hybridized carbons (Fsp3) is 0.455. The first-order valence-electron chi connectivity index (χ1n) is 5.21. The molecule has 0 saturated heterocycles. The Kier molecular flexibility index (Phi) is 3.11. The van der Waals surface area contributed by atoms with Crippen LogP contribution in [-0.4, -0.2) is 14.0 Å². The molecular formula is C11H14BrNO2S. The van der Waals surface area contributed by atoms with Crippen molar-refractivity contribution in [2.75, 3.05) is 0 Å². The van der Waals surface area contributed by atoms with Gasteiger partial charge in [-0.2, -0.15) is 0 Å². The summed E-state index contributed by atoms with van der Waals surface area (Å²) in [7, 11) is -3.37. The number of halogens is 1. The van der Waals surface area contributed by atoms with Gasteiger partial charge >= 0.3 is 0 Å². The zero-order valence-corrected chi connectivity index (χ0v) is 11.4. The molecular weight excluding hydrogens is 290 g/mol. The highest BCUT2D eigenvalue weighted by Crippen LogP contribution is 2.32. The first kappa shape index (κ1) is 12.1. The summed E-state index contributed by atoms with van der Waals surface area (Å²) in [6, 6.07) is 6.68. The van der Waals surface area contributed by atoms with E-state index >= 15 is 0 Å². The average molecular weight is 304 g/mol. The Morgan fingerprint density at radius 1 is 1.25 bits per heavy atom. The molecule has 0 unspecified atom stereocenters. The van der Waals surface area contributed by atoms with Crippen molar-refractivity contribution >= 4 is 26.0 Å². The summed E-state index contributed by atoms with van der Waals surface area (Å²) in [6.45, 7) is 1.95. The van der Waals surface area contributed by atoms with Gasteiger partial charge in [0.1, 0.15) is 0 Å². The molecule has 1 aliphatic carbocycles. The predicted octanol–water partition coefficient (Wildman–Crippen LogP) is 2.67. The largest absolute Gasteiger partial charge is 0.241 e. The molecule has 0 aliphatic heterocycles. The first-order valence-corrected chi connectivity index (χ1v) is 7.49. The molecule has 1 aliphatic rings.